The highest BCUT2D eigenvalue weighted by atomic mass is 79.9. The first-order valence-electron chi connectivity index (χ1n) is 5.57. The Kier molecular flexibility index (Phi) is 4.62. The van der Waals surface area contributed by atoms with Crippen molar-refractivity contribution in [3.05, 3.63) is 62.8 Å². The maximum atomic E-state index is 13.0. The molecule has 1 N–H and O–H groups in total. The maximum absolute atomic E-state index is 13.0. The number of rotatable bonds is 4. The zero-order valence-corrected chi connectivity index (χ0v) is 12.4. The first-order valence-corrected chi connectivity index (χ1v) is 6.74. The van der Waals surface area contributed by atoms with Crippen LogP contribution in [0.3, 0.4) is 0 Å². The number of aromatic carboxylic acids is 1. The van der Waals surface area contributed by atoms with Crippen LogP contribution in [0, 0.1) is 5.82 Å². The number of carboxylic acids is 1. The van der Waals surface area contributed by atoms with Gasteiger partial charge in [0.2, 0.25) is 0 Å². The largest absolute Gasteiger partial charge is 0.488 e. The average Bonchev–Trinajstić information content (AvgIpc) is 2.37. The van der Waals surface area contributed by atoms with Crippen molar-refractivity contribution in [1.82, 2.24) is 0 Å². The van der Waals surface area contributed by atoms with Crippen molar-refractivity contribution < 1.29 is 19.0 Å². The van der Waals surface area contributed by atoms with Crippen molar-refractivity contribution in [2.45, 2.75) is 6.61 Å². The summed E-state index contributed by atoms with van der Waals surface area (Å²) in [5.41, 5.74) is 0.718. The minimum absolute atomic E-state index is 0.0210. The maximum Gasteiger partial charge on any atom is 0.339 e. The lowest BCUT2D eigenvalue weighted by atomic mass is 10.2. The zero-order chi connectivity index (χ0) is 14.7. The minimum Gasteiger partial charge on any atom is -0.488 e. The second-order valence-electron chi connectivity index (χ2n) is 3.97. The molecule has 0 radical (unpaired) electrons. The summed E-state index contributed by atoms with van der Waals surface area (Å²) in [4.78, 5) is 11.1. The van der Waals surface area contributed by atoms with E-state index < -0.39 is 5.97 Å². The number of hydrogen-bond donors (Lipinski definition) is 1. The van der Waals surface area contributed by atoms with E-state index >= 15 is 0 Å². The van der Waals surface area contributed by atoms with Crippen molar-refractivity contribution in [1.29, 1.82) is 0 Å². The van der Waals surface area contributed by atoms with Crippen LogP contribution in [-0.2, 0) is 6.61 Å². The molecule has 0 amide bonds. The number of benzene rings is 2. The standard InChI is InChI=1S/C14H9BrClFO3/c15-12-6-10(17)3-1-8(12)7-20-13-5-9(16)2-4-11(13)14(18)19/h1-6H,7H2,(H,18,19). The molecule has 20 heavy (non-hydrogen) atoms. The number of carboxylic acid groups (broad SMARTS) is 1. The molecule has 0 aliphatic rings. The molecule has 0 unspecified atom stereocenters. The topological polar surface area (TPSA) is 46.5 Å². The normalized spacial score (nSPS) is 10.3. The van der Waals surface area contributed by atoms with Gasteiger partial charge in [0, 0.05) is 15.1 Å². The molecule has 2 aromatic rings. The van der Waals surface area contributed by atoms with Crippen molar-refractivity contribution >= 4 is 33.5 Å². The van der Waals surface area contributed by atoms with Gasteiger partial charge >= 0.3 is 5.97 Å². The number of ether oxygens (including phenoxy) is 1. The molecular weight excluding hydrogens is 351 g/mol. The van der Waals surface area contributed by atoms with Gasteiger partial charge in [0.25, 0.3) is 0 Å². The van der Waals surface area contributed by atoms with Gasteiger partial charge in [0.05, 0.1) is 0 Å². The summed E-state index contributed by atoms with van der Waals surface area (Å²) < 4.78 is 19.0. The molecule has 0 bridgehead atoms. The van der Waals surface area contributed by atoms with Crippen LogP contribution in [0.15, 0.2) is 40.9 Å². The highest BCUT2D eigenvalue weighted by Crippen LogP contribution is 2.26. The third kappa shape index (κ3) is 3.49. The summed E-state index contributed by atoms with van der Waals surface area (Å²) in [6, 6.07) is 8.46. The average molecular weight is 360 g/mol. The van der Waals surface area contributed by atoms with E-state index in [4.69, 9.17) is 21.4 Å². The fourth-order valence-corrected chi connectivity index (χ4v) is 2.21. The molecule has 0 spiro atoms. The van der Waals surface area contributed by atoms with Crippen molar-refractivity contribution in [2.75, 3.05) is 0 Å². The number of hydrogen-bond acceptors (Lipinski definition) is 2. The second kappa shape index (κ2) is 6.24. The molecule has 3 nitrogen and oxygen atoms in total. The molecule has 104 valence electrons. The smallest absolute Gasteiger partial charge is 0.339 e. The van der Waals surface area contributed by atoms with Crippen LogP contribution < -0.4 is 4.74 Å². The fourth-order valence-electron chi connectivity index (χ4n) is 1.59. The van der Waals surface area contributed by atoms with Gasteiger partial charge in [0.15, 0.2) is 0 Å². The van der Waals surface area contributed by atoms with Gasteiger partial charge in [-0.15, -0.1) is 0 Å². The Labute approximate surface area is 128 Å². The predicted octanol–water partition coefficient (Wildman–Crippen LogP) is 4.52. The molecule has 6 heteroatoms. The van der Waals surface area contributed by atoms with Gasteiger partial charge in [-0.1, -0.05) is 33.6 Å². The van der Waals surface area contributed by atoms with Crippen molar-refractivity contribution in [3.8, 4) is 5.75 Å². The van der Waals surface area contributed by atoms with Gasteiger partial charge in [-0.2, -0.15) is 0 Å². The van der Waals surface area contributed by atoms with Gasteiger partial charge in [-0.3, -0.25) is 0 Å². The second-order valence-corrected chi connectivity index (χ2v) is 5.26. The van der Waals surface area contributed by atoms with E-state index in [1.807, 2.05) is 0 Å². The van der Waals surface area contributed by atoms with E-state index in [1.54, 1.807) is 6.07 Å². The summed E-state index contributed by atoms with van der Waals surface area (Å²) in [5, 5.41) is 9.44. The Balaban J connectivity index is 2.22. The highest BCUT2D eigenvalue weighted by molar-refractivity contribution is 9.10. The third-order valence-corrected chi connectivity index (χ3v) is 3.55. The summed E-state index contributed by atoms with van der Waals surface area (Å²) in [7, 11) is 0. The highest BCUT2D eigenvalue weighted by Gasteiger charge is 2.12. The molecule has 0 fully saturated rings. The van der Waals surface area contributed by atoms with Crippen LogP contribution in [-0.4, -0.2) is 11.1 Å². The van der Waals surface area contributed by atoms with Crippen LogP contribution in [0.5, 0.6) is 5.75 Å². The van der Waals surface area contributed by atoms with E-state index in [-0.39, 0.29) is 23.7 Å². The van der Waals surface area contributed by atoms with Crippen LogP contribution in [0.1, 0.15) is 15.9 Å². The first-order chi connectivity index (χ1) is 9.47. The Morgan fingerprint density at radius 1 is 1.30 bits per heavy atom. The molecule has 0 aromatic heterocycles. The Bertz CT molecular complexity index is 661. The number of halogens is 3. The third-order valence-electron chi connectivity index (χ3n) is 2.57. The summed E-state index contributed by atoms with van der Waals surface area (Å²) >= 11 is 9.04. The minimum atomic E-state index is -1.10. The quantitative estimate of drug-likeness (QED) is 0.873. The molecule has 2 aromatic carbocycles. The summed E-state index contributed by atoms with van der Waals surface area (Å²) in [5.74, 6) is -1.30. The van der Waals surface area contributed by atoms with Crippen LogP contribution in [0.25, 0.3) is 0 Å². The van der Waals surface area contributed by atoms with Gasteiger partial charge in [-0.25, -0.2) is 9.18 Å². The van der Waals surface area contributed by atoms with Crippen LogP contribution in [0.4, 0.5) is 4.39 Å². The van der Waals surface area contributed by atoms with Crippen LogP contribution in [0.2, 0.25) is 5.02 Å². The molecule has 0 aliphatic heterocycles. The molecule has 2 rings (SSSR count). The molecular formula is C14H9BrClFO3. The summed E-state index contributed by atoms with van der Waals surface area (Å²) in [6.07, 6.45) is 0. The van der Waals surface area contributed by atoms with Gasteiger partial charge in [0.1, 0.15) is 23.7 Å². The van der Waals surface area contributed by atoms with Gasteiger partial charge < -0.3 is 9.84 Å². The molecule has 0 aliphatic carbocycles. The Morgan fingerprint density at radius 3 is 2.70 bits per heavy atom. The molecule has 0 atom stereocenters. The predicted molar refractivity (Wildman–Crippen MR) is 76.8 cm³/mol. The van der Waals surface area contributed by atoms with Crippen molar-refractivity contribution in [3.63, 3.8) is 0 Å². The Hall–Kier alpha value is -1.59. The molecule has 0 saturated heterocycles. The lowest BCUT2D eigenvalue weighted by Gasteiger charge is -2.10. The summed E-state index contributed by atoms with van der Waals surface area (Å²) in [6.45, 7) is 0.0987. The fraction of sp³-hybridized carbons (Fsp3) is 0.0714. The van der Waals surface area contributed by atoms with E-state index in [1.165, 1.54) is 30.3 Å². The van der Waals surface area contributed by atoms with Crippen molar-refractivity contribution in [2.24, 2.45) is 0 Å². The number of carbonyl (C=O) groups is 1. The SMILES string of the molecule is O=C(O)c1ccc(Cl)cc1OCc1ccc(F)cc1Br. The first kappa shape index (κ1) is 14.8. The molecule has 0 heterocycles. The van der Waals surface area contributed by atoms with E-state index in [0.29, 0.717) is 15.1 Å². The van der Waals surface area contributed by atoms with Crippen LogP contribution >= 0.6 is 27.5 Å². The monoisotopic (exact) mass is 358 g/mol. The zero-order valence-electron chi connectivity index (χ0n) is 10.1. The van der Waals surface area contributed by atoms with E-state index in [2.05, 4.69) is 15.9 Å². The lowest BCUT2D eigenvalue weighted by Crippen LogP contribution is -2.04. The van der Waals surface area contributed by atoms with E-state index in [0.717, 1.165) is 0 Å². The van der Waals surface area contributed by atoms with Gasteiger partial charge in [-0.05, 0) is 30.3 Å². The van der Waals surface area contributed by atoms with E-state index in [9.17, 15) is 9.18 Å². The lowest BCUT2D eigenvalue weighted by molar-refractivity contribution is 0.0692. The Morgan fingerprint density at radius 2 is 2.05 bits per heavy atom. The molecule has 0 saturated carbocycles.